The molecular formula is C14H12CaO4S2. The van der Waals surface area contributed by atoms with Crippen molar-refractivity contribution in [2.45, 2.75) is 9.79 Å². The average Bonchev–Trinajstić information content (AvgIpc) is 2.45. The minimum atomic E-state index is -1.000. The molecule has 2 aromatic carbocycles. The van der Waals surface area contributed by atoms with E-state index >= 15 is 0 Å². The fraction of sp³-hybridized carbons (Fsp3) is 0. The van der Waals surface area contributed by atoms with Gasteiger partial charge >= 0.3 is 49.7 Å². The van der Waals surface area contributed by atoms with Gasteiger partial charge in [-0.15, -0.1) is 0 Å². The molecule has 2 aromatic rings. The molecule has 0 spiro atoms. The molecule has 0 saturated heterocycles. The summed E-state index contributed by atoms with van der Waals surface area (Å²) in [5, 5.41) is 18.2. The number of benzene rings is 2. The first-order valence-electron chi connectivity index (χ1n) is 5.59. The normalized spacial score (nSPS) is 9.71. The molecule has 106 valence electrons. The minimum absolute atomic E-state index is 0. The number of carboxylic acid groups (broad SMARTS) is 2. The van der Waals surface area contributed by atoms with Crippen LogP contribution in [-0.4, -0.2) is 59.9 Å². The van der Waals surface area contributed by atoms with Gasteiger partial charge in [0.15, 0.2) is 0 Å². The Morgan fingerprint density at radius 3 is 1.38 bits per heavy atom. The van der Waals surface area contributed by atoms with Crippen LogP contribution in [-0.2, 0) is 0 Å². The molecule has 0 amide bonds. The molecule has 0 aromatic heterocycles. The van der Waals surface area contributed by atoms with Crippen molar-refractivity contribution in [1.29, 1.82) is 0 Å². The van der Waals surface area contributed by atoms with E-state index in [0.717, 1.165) is 0 Å². The summed E-state index contributed by atoms with van der Waals surface area (Å²) in [7, 11) is 2.47. The fourth-order valence-electron chi connectivity index (χ4n) is 1.52. The Hall–Kier alpha value is -0.660. The van der Waals surface area contributed by atoms with Crippen LogP contribution in [0.5, 0.6) is 0 Å². The standard InChI is InChI=1S/C14H10O4S2.Ca.2H/c15-13(16)9-5-1-3-7-11(9)19-20-12-8-4-2-6-10(12)14(17)18;;;/h1-8H,(H,15,16)(H,17,18);;;. The van der Waals surface area contributed by atoms with Gasteiger partial charge in [-0.05, 0) is 24.3 Å². The number of rotatable bonds is 5. The number of carboxylic acids is 2. The molecule has 0 atom stereocenters. The van der Waals surface area contributed by atoms with Crippen molar-refractivity contribution in [1.82, 2.24) is 0 Å². The predicted molar refractivity (Wildman–Crippen MR) is 87.1 cm³/mol. The third kappa shape index (κ3) is 4.93. The SMILES string of the molecule is O=C(O)c1ccccc1SSc1ccccc1C(=O)O.[CaH2]. The van der Waals surface area contributed by atoms with Crippen LogP contribution in [0.15, 0.2) is 58.3 Å². The number of hydrogen-bond donors (Lipinski definition) is 2. The molecule has 0 bridgehead atoms. The zero-order valence-corrected chi connectivity index (χ0v) is 11.8. The van der Waals surface area contributed by atoms with Crippen molar-refractivity contribution in [3.05, 3.63) is 59.7 Å². The Bertz CT molecular complexity index is 603. The van der Waals surface area contributed by atoms with Crippen molar-refractivity contribution in [3.63, 3.8) is 0 Å². The molecule has 0 saturated carbocycles. The van der Waals surface area contributed by atoms with Crippen LogP contribution in [0, 0.1) is 0 Å². The molecule has 21 heavy (non-hydrogen) atoms. The zero-order valence-electron chi connectivity index (χ0n) is 10.1. The van der Waals surface area contributed by atoms with Crippen molar-refractivity contribution in [3.8, 4) is 0 Å². The van der Waals surface area contributed by atoms with Gasteiger partial charge in [-0.1, -0.05) is 45.9 Å². The Kier molecular flexibility index (Phi) is 7.62. The first kappa shape index (κ1) is 18.4. The van der Waals surface area contributed by atoms with E-state index in [4.69, 9.17) is 10.2 Å². The van der Waals surface area contributed by atoms with Crippen LogP contribution in [0.3, 0.4) is 0 Å². The second-order valence-electron chi connectivity index (χ2n) is 3.77. The third-order valence-corrected chi connectivity index (χ3v) is 4.94. The van der Waals surface area contributed by atoms with Crippen molar-refractivity contribution in [2.75, 3.05) is 0 Å². The summed E-state index contributed by atoms with van der Waals surface area (Å²) >= 11 is 0. The van der Waals surface area contributed by atoms with Gasteiger partial charge in [-0.25, -0.2) is 9.59 Å². The first-order valence-corrected chi connectivity index (χ1v) is 7.73. The summed E-state index contributed by atoms with van der Waals surface area (Å²) in [6.45, 7) is 0. The van der Waals surface area contributed by atoms with Crippen LogP contribution < -0.4 is 0 Å². The van der Waals surface area contributed by atoms with E-state index in [1.807, 2.05) is 0 Å². The van der Waals surface area contributed by atoms with Gasteiger partial charge in [0.2, 0.25) is 0 Å². The Labute approximate surface area is 159 Å². The molecule has 0 unspecified atom stereocenters. The van der Waals surface area contributed by atoms with E-state index < -0.39 is 11.9 Å². The summed E-state index contributed by atoms with van der Waals surface area (Å²) in [6, 6.07) is 13.3. The molecule has 2 N–H and O–H groups in total. The van der Waals surface area contributed by atoms with Crippen molar-refractivity contribution < 1.29 is 19.8 Å². The maximum atomic E-state index is 11.1. The second-order valence-corrected chi connectivity index (χ2v) is 5.98. The maximum absolute atomic E-state index is 11.1. The van der Waals surface area contributed by atoms with Gasteiger partial charge in [-0.2, -0.15) is 0 Å². The molecule has 7 heteroatoms. The van der Waals surface area contributed by atoms with Crippen molar-refractivity contribution in [2.24, 2.45) is 0 Å². The molecule has 0 aliphatic heterocycles. The summed E-state index contributed by atoms with van der Waals surface area (Å²) in [5.41, 5.74) is 0.413. The quantitative estimate of drug-likeness (QED) is 0.639. The monoisotopic (exact) mass is 348 g/mol. The average molecular weight is 348 g/mol. The molecule has 2 rings (SSSR count). The predicted octanol–water partition coefficient (Wildman–Crippen LogP) is 2.97. The zero-order chi connectivity index (χ0) is 14.5. The van der Waals surface area contributed by atoms with Gasteiger partial charge in [0.05, 0.1) is 11.1 Å². The summed E-state index contributed by atoms with van der Waals surface area (Å²) in [5.74, 6) is -2.00. The Morgan fingerprint density at radius 1 is 0.714 bits per heavy atom. The number of carbonyl (C=O) groups is 2. The summed E-state index contributed by atoms with van der Waals surface area (Å²) in [4.78, 5) is 23.4. The van der Waals surface area contributed by atoms with Crippen LogP contribution in [0.25, 0.3) is 0 Å². The van der Waals surface area contributed by atoms with Gasteiger partial charge in [0, 0.05) is 9.79 Å². The van der Waals surface area contributed by atoms with Gasteiger partial charge in [0.25, 0.3) is 0 Å². The molecule has 0 heterocycles. The molecule has 0 aliphatic carbocycles. The van der Waals surface area contributed by atoms with Gasteiger partial charge in [-0.3, -0.25) is 0 Å². The molecule has 4 nitrogen and oxygen atoms in total. The topological polar surface area (TPSA) is 74.6 Å². The molecule has 0 fully saturated rings. The van der Waals surface area contributed by atoms with Crippen LogP contribution >= 0.6 is 21.6 Å². The van der Waals surface area contributed by atoms with Crippen LogP contribution in [0.1, 0.15) is 20.7 Å². The van der Waals surface area contributed by atoms with Crippen molar-refractivity contribution >= 4 is 71.3 Å². The number of hydrogen-bond acceptors (Lipinski definition) is 4. The number of aromatic carboxylic acids is 2. The summed E-state index contributed by atoms with van der Waals surface area (Å²) < 4.78 is 0. The van der Waals surface area contributed by atoms with E-state index in [1.54, 1.807) is 36.4 Å². The molecule has 0 radical (unpaired) electrons. The Morgan fingerprint density at radius 2 is 1.05 bits per heavy atom. The van der Waals surface area contributed by atoms with Gasteiger partial charge in [0.1, 0.15) is 0 Å². The Balaban J connectivity index is 0.00000220. The van der Waals surface area contributed by atoms with E-state index in [9.17, 15) is 9.59 Å². The fourth-order valence-corrected chi connectivity index (χ4v) is 3.87. The van der Waals surface area contributed by atoms with Crippen LogP contribution in [0.4, 0.5) is 0 Å². The van der Waals surface area contributed by atoms with E-state index in [1.165, 1.54) is 33.7 Å². The van der Waals surface area contributed by atoms with E-state index in [2.05, 4.69) is 0 Å². The second kappa shape index (κ2) is 8.70. The first-order chi connectivity index (χ1) is 9.59. The van der Waals surface area contributed by atoms with Gasteiger partial charge < -0.3 is 10.2 Å². The van der Waals surface area contributed by atoms with E-state index in [0.29, 0.717) is 9.79 Å². The molecule has 0 aliphatic rings. The summed E-state index contributed by atoms with van der Waals surface area (Å²) in [6.07, 6.45) is 0. The third-order valence-electron chi connectivity index (χ3n) is 2.46. The van der Waals surface area contributed by atoms with E-state index in [-0.39, 0.29) is 48.9 Å². The molecular weight excluding hydrogens is 336 g/mol. The van der Waals surface area contributed by atoms with Crippen LogP contribution in [0.2, 0.25) is 0 Å².